The van der Waals surface area contributed by atoms with Crippen molar-refractivity contribution < 1.29 is 28.3 Å². The molecule has 0 saturated heterocycles. The van der Waals surface area contributed by atoms with Crippen molar-refractivity contribution in [3.05, 3.63) is 28.5 Å². The molecular weight excluding hydrogens is 329 g/mol. The van der Waals surface area contributed by atoms with E-state index in [1.54, 1.807) is 0 Å². The van der Waals surface area contributed by atoms with Gasteiger partial charge in [0.1, 0.15) is 0 Å². The van der Waals surface area contributed by atoms with E-state index in [4.69, 9.17) is 16.8 Å². The van der Waals surface area contributed by atoms with E-state index in [0.717, 1.165) is 16.7 Å². The molecule has 0 aliphatic heterocycles. The average molecular weight is 339 g/mol. The van der Waals surface area contributed by atoms with Crippen LogP contribution in [-0.2, 0) is 17.6 Å². The smallest absolute Gasteiger partial charge is 0.390 e. The SMILES string of the molecule is O=C(CNc1nc2c(Cl)cc(C(F)(F)F)cn2c1CO)NO. The van der Waals surface area contributed by atoms with Gasteiger partial charge in [-0.15, -0.1) is 0 Å². The average Bonchev–Trinajstić information content (AvgIpc) is 2.81. The molecule has 7 nitrogen and oxygen atoms in total. The van der Waals surface area contributed by atoms with E-state index in [2.05, 4.69) is 10.3 Å². The van der Waals surface area contributed by atoms with Crippen LogP contribution in [0.25, 0.3) is 5.65 Å². The maximum atomic E-state index is 12.8. The molecule has 0 radical (unpaired) electrons. The zero-order valence-corrected chi connectivity index (χ0v) is 11.5. The summed E-state index contributed by atoms with van der Waals surface area (Å²) >= 11 is 5.79. The fourth-order valence-electron chi connectivity index (χ4n) is 1.80. The number of hydroxylamine groups is 1. The molecule has 120 valence electrons. The predicted octanol–water partition coefficient (Wildman–Crippen LogP) is 1.42. The number of anilines is 1. The molecule has 0 bridgehead atoms. The largest absolute Gasteiger partial charge is 0.417 e. The number of pyridine rings is 1. The zero-order chi connectivity index (χ0) is 16.5. The van der Waals surface area contributed by atoms with Crippen molar-refractivity contribution >= 4 is 29.0 Å². The van der Waals surface area contributed by atoms with E-state index in [9.17, 15) is 23.1 Å². The molecule has 0 aliphatic carbocycles. The fraction of sp³-hybridized carbons (Fsp3) is 0.273. The minimum atomic E-state index is -4.61. The molecule has 2 heterocycles. The van der Waals surface area contributed by atoms with Gasteiger partial charge < -0.3 is 10.4 Å². The number of fused-ring (bicyclic) bond motifs is 1. The fourth-order valence-corrected chi connectivity index (χ4v) is 2.05. The molecule has 0 atom stereocenters. The lowest BCUT2D eigenvalue weighted by Gasteiger charge is -2.09. The molecule has 2 aromatic rings. The Labute approximate surface area is 126 Å². The van der Waals surface area contributed by atoms with Gasteiger partial charge >= 0.3 is 6.18 Å². The number of rotatable bonds is 4. The first-order valence-electron chi connectivity index (χ1n) is 5.83. The summed E-state index contributed by atoms with van der Waals surface area (Å²) in [5.41, 5.74) is 0.356. The summed E-state index contributed by atoms with van der Waals surface area (Å²) in [5.74, 6) is -0.810. The van der Waals surface area contributed by atoms with E-state index in [-0.39, 0.29) is 22.2 Å². The molecule has 0 saturated carbocycles. The number of amides is 1. The highest BCUT2D eigenvalue weighted by molar-refractivity contribution is 6.33. The van der Waals surface area contributed by atoms with E-state index in [1.165, 1.54) is 5.48 Å². The van der Waals surface area contributed by atoms with Gasteiger partial charge in [0.05, 0.1) is 29.4 Å². The highest BCUT2D eigenvalue weighted by Gasteiger charge is 2.32. The molecule has 4 N–H and O–H groups in total. The lowest BCUT2D eigenvalue weighted by Crippen LogP contribution is -2.27. The van der Waals surface area contributed by atoms with Crippen LogP contribution in [0.1, 0.15) is 11.3 Å². The topological polar surface area (TPSA) is 98.9 Å². The van der Waals surface area contributed by atoms with E-state index < -0.39 is 30.8 Å². The number of aromatic nitrogens is 2. The molecule has 0 aromatic carbocycles. The Balaban J connectivity index is 2.52. The summed E-state index contributed by atoms with van der Waals surface area (Å²) in [7, 11) is 0. The highest BCUT2D eigenvalue weighted by Crippen LogP contribution is 2.33. The first-order chi connectivity index (χ1) is 10.3. The van der Waals surface area contributed by atoms with Gasteiger partial charge in [-0.05, 0) is 6.07 Å². The summed E-state index contributed by atoms with van der Waals surface area (Å²) in [6.07, 6.45) is -3.86. The number of hydrogen-bond acceptors (Lipinski definition) is 5. The third-order valence-electron chi connectivity index (χ3n) is 2.79. The Hall–Kier alpha value is -2.04. The van der Waals surface area contributed by atoms with Crippen LogP contribution < -0.4 is 10.8 Å². The number of nitrogens with zero attached hydrogens (tertiary/aromatic N) is 2. The molecule has 1 amide bonds. The number of carbonyl (C=O) groups excluding carboxylic acids is 1. The van der Waals surface area contributed by atoms with Gasteiger partial charge in [0.2, 0.25) is 0 Å². The zero-order valence-electron chi connectivity index (χ0n) is 10.8. The van der Waals surface area contributed by atoms with Crippen molar-refractivity contribution in [2.24, 2.45) is 0 Å². The third-order valence-corrected chi connectivity index (χ3v) is 3.07. The summed E-state index contributed by atoms with van der Waals surface area (Å²) in [6, 6.07) is 0.718. The number of hydrogen-bond donors (Lipinski definition) is 4. The van der Waals surface area contributed by atoms with E-state index in [1.807, 2.05) is 0 Å². The van der Waals surface area contributed by atoms with Crippen LogP contribution in [0.2, 0.25) is 5.02 Å². The number of imidazole rings is 1. The van der Waals surface area contributed by atoms with Crippen LogP contribution in [0.5, 0.6) is 0 Å². The Morgan fingerprint density at radius 2 is 2.14 bits per heavy atom. The standard InChI is InChI=1S/C11H10ClF3N4O3/c12-6-1-5(11(13,14)15)3-19-7(4-20)9(17-10(6)19)16-2-8(21)18-22/h1,3,16,20,22H,2,4H2,(H,18,21). The maximum absolute atomic E-state index is 12.8. The van der Waals surface area contributed by atoms with E-state index >= 15 is 0 Å². The number of alkyl halides is 3. The Morgan fingerprint density at radius 1 is 1.45 bits per heavy atom. The van der Waals surface area contributed by atoms with E-state index in [0.29, 0.717) is 0 Å². The predicted molar refractivity (Wildman–Crippen MR) is 69.5 cm³/mol. The van der Waals surface area contributed by atoms with Crippen molar-refractivity contribution in [3.63, 3.8) is 0 Å². The second kappa shape index (κ2) is 5.99. The molecule has 11 heteroatoms. The quantitative estimate of drug-likeness (QED) is 0.499. The lowest BCUT2D eigenvalue weighted by molar-refractivity contribution is -0.137. The number of carbonyl (C=O) groups is 1. The van der Waals surface area contributed by atoms with Gasteiger partial charge in [-0.1, -0.05) is 11.6 Å². The minimum absolute atomic E-state index is 0.00580. The third kappa shape index (κ3) is 3.08. The number of aliphatic hydroxyl groups is 1. The van der Waals surface area contributed by atoms with Gasteiger partial charge in [-0.2, -0.15) is 13.2 Å². The van der Waals surface area contributed by atoms with Crippen molar-refractivity contribution in [1.29, 1.82) is 0 Å². The van der Waals surface area contributed by atoms with Gasteiger partial charge in [0.25, 0.3) is 5.91 Å². The second-order valence-electron chi connectivity index (χ2n) is 4.22. The number of aliphatic hydroxyl groups excluding tert-OH is 1. The Morgan fingerprint density at radius 3 is 2.68 bits per heavy atom. The first-order valence-corrected chi connectivity index (χ1v) is 6.21. The number of nitrogens with one attached hydrogen (secondary N) is 2. The van der Waals surface area contributed by atoms with Crippen molar-refractivity contribution in [3.8, 4) is 0 Å². The Kier molecular flexibility index (Phi) is 4.44. The summed E-state index contributed by atoms with van der Waals surface area (Å²) in [4.78, 5) is 14.9. The molecule has 0 aliphatic rings. The van der Waals surface area contributed by atoms with Crippen LogP contribution in [0.4, 0.5) is 19.0 Å². The van der Waals surface area contributed by atoms with Gasteiger partial charge in [-0.25, -0.2) is 10.5 Å². The normalized spacial score (nSPS) is 11.7. The summed E-state index contributed by atoms with van der Waals surface area (Å²) < 4.78 is 39.4. The van der Waals surface area contributed by atoms with Crippen molar-refractivity contribution in [2.45, 2.75) is 12.8 Å². The van der Waals surface area contributed by atoms with Gasteiger partial charge in [0.15, 0.2) is 11.5 Å². The highest BCUT2D eigenvalue weighted by atomic mass is 35.5. The van der Waals surface area contributed by atoms with Crippen LogP contribution in [0.15, 0.2) is 12.3 Å². The van der Waals surface area contributed by atoms with Crippen LogP contribution in [0.3, 0.4) is 0 Å². The van der Waals surface area contributed by atoms with Crippen LogP contribution in [0, 0.1) is 0 Å². The monoisotopic (exact) mass is 338 g/mol. The molecule has 0 fully saturated rings. The lowest BCUT2D eigenvalue weighted by atomic mass is 10.2. The van der Waals surface area contributed by atoms with Crippen molar-refractivity contribution in [1.82, 2.24) is 14.9 Å². The molecule has 2 aromatic heterocycles. The molecule has 0 spiro atoms. The first kappa shape index (κ1) is 16.3. The molecule has 0 unspecified atom stereocenters. The summed E-state index contributed by atoms with van der Waals surface area (Å²) in [5, 5.41) is 20.0. The number of halogens is 4. The molecule has 22 heavy (non-hydrogen) atoms. The Bertz CT molecular complexity index is 717. The second-order valence-corrected chi connectivity index (χ2v) is 4.63. The maximum Gasteiger partial charge on any atom is 0.417 e. The summed E-state index contributed by atoms with van der Waals surface area (Å²) in [6.45, 7) is -1.03. The van der Waals surface area contributed by atoms with Crippen LogP contribution >= 0.6 is 11.6 Å². The van der Waals surface area contributed by atoms with Crippen molar-refractivity contribution in [2.75, 3.05) is 11.9 Å². The van der Waals surface area contributed by atoms with Gasteiger partial charge in [-0.3, -0.25) is 14.4 Å². The molecule has 2 rings (SSSR count). The molecular formula is C11H10ClF3N4O3. The van der Waals surface area contributed by atoms with Gasteiger partial charge in [0, 0.05) is 6.20 Å². The van der Waals surface area contributed by atoms with Crippen LogP contribution in [-0.4, -0.2) is 32.2 Å². The minimum Gasteiger partial charge on any atom is -0.390 e.